The summed E-state index contributed by atoms with van der Waals surface area (Å²) in [5, 5.41) is 2.75. The number of rotatable bonds is 2. The molecule has 0 saturated heterocycles. The van der Waals surface area contributed by atoms with Gasteiger partial charge in [-0.3, -0.25) is 4.98 Å². The fraction of sp³-hybridized carbons (Fsp3) is 0.286. The van der Waals surface area contributed by atoms with E-state index in [1.165, 1.54) is 0 Å². The molecule has 1 heterocycles. The smallest absolute Gasteiger partial charge is 0.123 e. The molecule has 0 atom stereocenters. The van der Waals surface area contributed by atoms with Gasteiger partial charge in [0.05, 0.1) is 5.69 Å². The lowest BCUT2D eigenvalue weighted by atomic mass is 10.2. The zero-order valence-corrected chi connectivity index (χ0v) is 7.63. The zero-order chi connectivity index (χ0) is 8.27. The van der Waals surface area contributed by atoms with E-state index in [-0.39, 0.29) is 6.54 Å². The van der Waals surface area contributed by atoms with Gasteiger partial charge in [0.15, 0.2) is 0 Å². The molecule has 0 spiro atoms. The summed E-state index contributed by atoms with van der Waals surface area (Å²) in [6.07, 6.45) is 1.68. The lowest BCUT2D eigenvalue weighted by Gasteiger charge is -1.97. The van der Waals surface area contributed by atoms with E-state index >= 15 is 0 Å². The van der Waals surface area contributed by atoms with Crippen LogP contribution < -0.4 is 0 Å². The second kappa shape index (κ2) is 3.57. The highest BCUT2D eigenvalue weighted by molar-refractivity contribution is 9.10. The molecule has 0 bridgehead atoms. The van der Waals surface area contributed by atoms with Crippen molar-refractivity contribution in [3.05, 3.63) is 32.9 Å². The Hall–Kier alpha value is -0.770. The number of nitroso groups, excluding NO2 is 1. The number of pyridine rings is 1. The molecule has 1 rings (SSSR count). The molecule has 1 aromatic heterocycles. The second-order valence-corrected chi connectivity index (χ2v) is 3.07. The lowest BCUT2D eigenvalue weighted by Crippen LogP contribution is -1.88. The highest BCUT2D eigenvalue weighted by atomic mass is 79.9. The molecule has 0 amide bonds. The fourth-order valence-electron chi connectivity index (χ4n) is 0.750. The van der Waals surface area contributed by atoms with Crippen molar-refractivity contribution in [3.63, 3.8) is 0 Å². The topological polar surface area (TPSA) is 42.3 Å². The van der Waals surface area contributed by atoms with Crippen molar-refractivity contribution < 1.29 is 0 Å². The Balaban J connectivity index is 2.95. The van der Waals surface area contributed by atoms with E-state index in [1.54, 1.807) is 6.20 Å². The van der Waals surface area contributed by atoms with Gasteiger partial charge in [-0.05, 0) is 34.5 Å². The number of nitrogens with zero attached hydrogens (tertiary/aromatic N) is 2. The molecule has 0 unspecified atom stereocenters. The van der Waals surface area contributed by atoms with Crippen molar-refractivity contribution in [2.45, 2.75) is 13.5 Å². The number of aromatic nitrogens is 1. The summed E-state index contributed by atoms with van der Waals surface area (Å²) in [6.45, 7) is 2.09. The summed E-state index contributed by atoms with van der Waals surface area (Å²) in [5.41, 5.74) is 1.78. The third kappa shape index (κ3) is 2.08. The van der Waals surface area contributed by atoms with Gasteiger partial charge >= 0.3 is 0 Å². The minimum Gasteiger partial charge on any atom is -0.258 e. The van der Waals surface area contributed by atoms with E-state index < -0.39 is 0 Å². The van der Waals surface area contributed by atoms with Crippen molar-refractivity contribution in [2.75, 3.05) is 0 Å². The van der Waals surface area contributed by atoms with Gasteiger partial charge in [-0.2, -0.15) is 4.91 Å². The first-order valence-corrected chi connectivity index (χ1v) is 3.93. The van der Waals surface area contributed by atoms with Gasteiger partial charge in [-0.15, -0.1) is 0 Å². The van der Waals surface area contributed by atoms with Gasteiger partial charge in [0, 0.05) is 10.7 Å². The Morgan fingerprint density at radius 2 is 2.45 bits per heavy atom. The molecular weight excluding hydrogens is 208 g/mol. The Labute approximate surface area is 72.9 Å². The SMILES string of the molecule is Cc1cc(CN=O)ncc1Br. The van der Waals surface area contributed by atoms with Gasteiger partial charge < -0.3 is 0 Å². The van der Waals surface area contributed by atoms with Crippen LogP contribution in [0.1, 0.15) is 11.3 Å². The molecule has 58 valence electrons. The van der Waals surface area contributed by atoms with E-state index in [0.717, 1.165) is 10.0 Å². The lowest BCUT2D eigenvalue weighted by molar-refractivity contribution is 0.971. The van der Waals surface area contributed by atoms with Crippen LogP contribution in [0, 0.1) is 11.8 Å². The molecule has 1 aromatic rings. The van der Waals surface area contributed by atoms with Crippen molar-refractivity contribution in [1.29, 1.82) is 0 Å². The summed E-state index contributed by atoms with van der Waals surface area (Å²) in [4.78, 5) is 13.9. The van der Waals surface area contributed by atoms with Crippen LogP contribution in [0.3, 0.4) is 0 Å². The predicted molar refractivity (Wildman–Crippen MR) is 46.2 cm³/mol. The zero-order valence-electron chi connectivity index (χ0n) is 6.04. The Morgan fingerprint density at radius 3 is 3.00 bits per heavy atom. The maximum Gasteiger partial charge on any atom is 0.123 e. The Kier molecular flexibility index (Phi) is 2.70. The number of aryl methyl sites for hydroxylation is 1. The normalized spacial score (nSPS) is 9.64. The van der Waals surface area contributed by atoms with E-state index in [0.29, 0.717) is 5.69 Å². The first kappa shape index (κ1) is 8.33. The Morgan fingerprint density at radius 1 is 1.73 bits per heavy atom. The largest absolute Gasteiger partial charge is 0.258 e. The molecule has 0 saturated carbocycles. The molecule has 0 radical (unpaired) electrons. The third-order valence-electron chi connectivity index (χ3n) is 1.33. The monoisotopic (exact) mass is 214 g/mol. The maximum atomic E-state index is 9.87. The quantitative estimate of drug-likeness (QED) is 0.711. The van der Waals surface area contributed by atoms with Crippen LogP contribution in [0.25, 0.3) is 0 Å². The van der Waals surface area contributed by atoms with Crippen molar-refractivity contribution in [1.82, 2.24) is 4.98 Å². The van der Waals surface area contributed by atoms with Crippen LogP contribution in [-0.2, 0) is 6.54 Å². The average molecular weight is 215 g/mol. The van der Waals surface area contributed by atoms with Crippen LogP contribution in [0.15, 0.2) is 21.9 Å². The van der Waals surface area contributed by atoms with Gasteiger partial charge in [0.1, 0.15) is 6.54 Å². The molecule has 0 aromatic carbocycles. The van der Waals surface area contributed by atoms with Gasteiger partial charge in [0.25, 0.3) is 0 Å². The minimum absolute atomic E-state index is 0.147. The van der Waals surface area contributed by atoms with Gasteiger partial charge in [0.2, 0.25) is 0 Å². The first-order valence-electron chi connectivity index (χ1n) is 3.14. The van der Waals surface area contributed by atoms with E-state index in [2.05, 4.69) is 26.1 Å². The molecule has 0 fully saturated rings. The van der Waals surface area contributed by atoms with E-state index in [9.17, 15) is 4.91 Å². The van der Waals surface area contributed by atoms with Crippen molar-refractivity contribution in [2.24, 2.45) is 5.18 Å². The van der Waals surface area contributed by atoms with Gasteiger partial charge in [-0.1, -0.05) is 5.18 Å². The fourth-order valence-corrected chi connectivity index (χ4v) is 0.967. The molecule has 3 nitrogen and oxygen atoms in total. The summed E-state index contributed by atoms with van der Waals surface area (Å²) >= 11 is 3.31. The summed E-state index contributed by atoms with van der Waals surface area (Å²) in [6, 6.07) is 1.84. The molecule has 0 aliphatic heterocycles. The van der Waals surface area contributed by atoms with Gasteiger partial charge in [-0.25, -0.2) is 0 Å². The van der Waals surface area contributed by atoms with Crippen LogP contribution >= 0.6 is 15.9 Å². The van der Waals surface area contributed by atoms with E-state index in [1.807, 2.05) is 13.0 Å². The number of hydrogen-bond acceptors (Lipinski definition) is 3. The predicted octanol–water partition coefficient (Wildman–Crippen LogP) is 2.42. The van der Waals surface area contributed by atoms with E-state index in [4.69, 9.17) is 0 Å². The summed E-state index contributed by atoms with van der Waals surface area (Å²) in [5.74, 6) is 0. The molecule has 0 aliphatic rings. The molecule has 4 heteroatoms. The van der Waals surface area contributed by atoms with Crippen molar-refractivity contribution >= 4 is 15.9 Å². The highest BCUT2D eigenvalue weighted by Gasteiger charge is 1.97. The van der Waals surface area contributed by atoms with Crippen molar-refractivity contribution in [3.8, 4) is 0 Å². The van der Waals surface area contributed by atoms with Crippen LogP contribution in [0.2, 0.25) is 0 Å². The maximum absolute atomic E-state index is 9.87. The number of hydrogen-bond donors (Lipinski definition) is 0. The molecule has 0 N–H and O–H groups in total. The highest BCUT2D eigenvalue weighted by Crippen LogP contribution is 2.14. The molecular formula is C7H7BrN2O. The first-order chi connectivity index (χ1) is 5.24. The average Bonchev–Trinajstić information content (AvgIpc) is 1.98. The minimum atomic E-state index is 0.147. The third-order valence-corrected chi connectivity index (χ3v) is 2.16. The molecule has 11 heavy (non-hydrogen) atoms. The van der Waals surface area contributed by atoms with Crippen LogP contribution in [0.4, 0.5) is 0 Å². The summed E-state index contributed by atoms with van der Waals surface area (Å²) < 4.78 is 0.951. The van der Waals surface area contributed by atoms with Crippen LogP contribution in [-0.4, -0.2) is 4.98 Å². The number of halogens is 1. The Bertz CT molecular complexity index is 275. The second-order valence-electron chi connectivity index (χ2n) is 2.21. The van der Waals surface area contributed by atoms with Crippen LogP contribution in [0.5, 0.6) is 0 Å². The summed E-state index contributed by atoms with van der Waals surface area (Å²) in [7, 11) is 0. The molecule has 0 aliphatic carbocycles. The standard InChI is InChI=1S/C7H7BrN2O/c1-5-2-6(3-10-11)9-4-7(5)8/h2,4H,3H2,1H3.